The van der Waals surface area contributed by atoms with Crippen molar-refractivity contribution in [2.24, 2.45) is 0 Å². The summed E-state index contributed by atoms with van der Waals surface area (Å²) in [5.41, 5.74) is 0.912. The number of hydrogen-bond donors (Lipinski definition) is 0. The SMILES string of the molecule is [C-]#[N+]c1c(F)ccc([C@@H]2CN3CCN(C(=O)Cc4ccc(-n5cnnn5)cn4)C[C@H]3CO2)c1F. The van der Waals surface area contributed by atoms with Gasteiger partial charge in [-0.2, -0.15) is 4.68 Å². The maximum Gasteiger partial charge on any atom is 0.257 e. The Bertz CT molecular complexity index is 1230. The van der Waals surface area contributed by atoms with Crippen molar-refractivity contribution in [3.8, 4) is 5.69 Å². The van der Waals surface area contributed by atoms with Crippen LogP contribution in [0.3, 0.4) is 0 Å². The van der Waals surface area contributed by atoms with Gasteiger partial charge in [0.15, 0.2) is 0 Å². The van der Waals surface area contributed by atoms with E-state index in [1.807, 2.05) is 0 Å². The van der Waals surface area contributed by atoms with E-state index in [9.17, 15) is 13.6 Å². The number of ether oxygens (including phenoxy) is 1. The van der Waals surface area contributed by atoms with Crippen LogP contribution in [0, 0.1) is 18.2 Å². The van der Waals surface area contributed by atoms with Gasteiger partial charge in [-0.05, 0) is 28.6 Å². The van der Waals surface area contributed by atoms with Gasteiger partial charge in [0.2, 0.25) is 5.91 Å². The number of nitrogens with zero attached hydrogens (tertiary/aromatic N) is 8. The molecule has 2 saturated heterocycles. The fourth-order valence-corrected chi connectivity index (χ4v) is 4.31. The Balaban J connectivity index is 1.19. The molecular formula is C22H20F2N8O2. The summed E-state index contributed by atoms with van der Waals surface area (Å²) in [4.78, 5) is 24.1. The fourth-order valence-electron chi connectivity index (χ4n) is 4.31. The lowest BCUT2D eigenvalue weighted by atomic mass is 10.0. The number of morpholine rings is 1. The number of benzene rings is 1. The minimum atomic E-state index is -0.878. The molecule has 34 heavy (non-hydrogen) atoms. The number of rotatable bonds is 4. The molecule has 3 aromatic rings. The molecule has 0 spiro atoms. The highest BCUT2D eigenvalue weighted by Gasteiger charge is 2.36. The first kappa shape index (κ1) is 22.0. The van der Waals surface area contributed by atoms with Gasteiger partial charge in [-0.25, -0.2) is 13.6 Å². The molecule has 1 amide bonds. The number of carbonyl (C=O) groups excluding carboxylic acids is 1. The third-order valence-electron chi connectivity index (χ3n) is 6.16. The van der Waals surface area contributed by atoms with Crippen LogP contribution in [0.4, 0.5) is 14.5 Å². The lowest BCUT2D eigenvalue weighted by molar-refractivity contribution is -0.139. The van der Waals surface area contributed by atoms with Gasteiger partial charge in [0.05, 0.1) is 43.6 Å². The minimum Gasteiger partial charge on any atom is -0.370 e. The fraction of sp³-hybridized carbons (Fsp3) is 0.364. The van der Waals surface area contributed by atoms with Gasteiger partial charge in [0.1, 0.15) is 18.0 Å². The van der Waals surface area contributed by atoms with E-state index in [1.165, 1.54) is 17.1 Å². The Morgan fingerprint density at radius 3 is 2.82 bits per heavy atom. The minimum absolute atomic E-state index is 0.0204. The first-order valence-electron chi connectivity index (χ1n) is 10.7. The second-order valence-corrected chi connectivity index (χ2v) is 8.16. The maximum absolute atomic E-state index is 14.6. The van der Waals surface area contributed by atoms with Crippen LogP contribution in [0.2, 0.25) is 0 Å². The number of fused-ring (bicyclic) bond motifs is 1. The number of tetrazole rings is 1. The quantitative estimate of drug-likeness (QED) is 0.541. The Morgan fingerprint density at radius 2 is 2.09 bits per heavy atom. The lowest BCUT2D eigenvalue weighted by Gasteiger charge is -2.46. The van der Waals surface area contributed by atoms with Gasteiger partial charge in [0, 0.05) is 37.4 Å². The molecule has 0 N–H and O–H groups in total. The van der Waals surface area contributed by atoms with E-state index in [0.29, 0.717) is 44.2 Å². The molecule has 0 radical (unpaired) electrons. The van der Waals surface area contributed by atoms with E-state index < -0.39 is 23.4 Å². The number of pyridine rings is 1. The number of halogens is 2. The topological polar surface area (TPSA) is 93.6 Å². The zero-order valence-electron chi connectivity index (χ0n) is 18.0. The van der Waals surface area contributed by atoms with Crippen LogP contribution < -0.4 is 0 Å². The third-order valence-corrected chi connectivity index (χ3v) is 6.16. The molecule has 2 atom stereocenters. The van der Waals surface area contributed by atoms with E-state index in [0.717, 1.165) is 6.07 Å². The summed E-state index contributed by atoms with van der Waals surface area (Å²) in [6.45, 7) is 9.36. The first-order valence-corrected chi connectivity index (χ1v) is 10.7. The van der Waals surface area contributed by atoms with Gasteiger partial charge < -0.3 is 9.64 Å². The molecule has 2 aromatic heterocycles. The molecule has 2 fully saturated rings. The summed E-state index contributed by atoms with van der Waals surface area (Å²) < 4.78 is 35.6. The maximum atomic E-state index is 14.6. The van der Waals surface area contributed by atoms with Crippen LogP contribution in [-0.2, 0) is 16.0 Å². The van der Waals surface area contributed by atoms with Crippen molar-refractivity contribution in [1.29, 1.82) is 0 Å². The Morgan fingerprint density at radius 1 is 1.21 bits per heavy atom. The highest BCUT2D eigenvalue weighted by atomic mass is 19.1. The zero-order chi connectivity index (χ0) is 23.7. The molecule has 0 bridgehead atoms. The summed E-state index contributed by atoms with van der Waals surface area (Å²) in [6, 6.07) is 5.98. The Hall–Kier alpha value is -3.82. The predicted octanol–water partition coefficient (Wildman–Crippen LogP) is 1.71. The molecule has 1 aromatic carbocycles. The van der Waals surface area contributed by atoms with Crippen LogP contribution in [-0.4, -0.2) is 79.7 Å². The first-order chi connectivity index (χ1) is 16.5. The van der Waals surface area contributed by atoms with Crippen molar-refractivity contribution in [3.63, 3.8) is 0 Å². The van der Waals surface area contributed by atoms with Crippen molar-refractivity contribution in [2.75, 3.05) is 32.8 Å². The Labute approximate surface area is 193 Å². The smallest absolute Gasteiger partial charge is 0.257 e. The molecular weight excluding hydrogens is 446 g/mol. The van der Waals surface area contributed by atoms with E-state index in [1.54, 1.807) is 23.2 Å². The molecule has 5 rings (SSSR count). The van der Waals surface area contributed by atoms with Crippen LogP contribution in [0.15, 0.2) is 36.8 Å². The number of aromatic nitrogens is 5. The summed E-state index contributed by atoms with van der Waals surface area (Å²) in [6.07, 6.45) is 2.65. The molecule has 0 unspecified atom stereocenters. The highest BCUT2D eigenvalue weighted by molar-refractivity contribution is 5.78. The molecule has 2 aliphatic rings. The van der Waals surface area contributed by atoms with E-state index in [2.05, 4.69) is 30.3 Å². The summed E-state index contributed by atoms with van der Waals surface area (Å²) in [5, 5.41) is 11.0. The molecule has 4 heterocycles. The van der Waals surface area contributed by atoms with Crippen LogP contribution in [0.1, 0.15) is 17.4 Å². The highest BCUT2D eigenvalue weighted by Crippen LogP contribution is 2.33. The zero-order valence-corrected chi connectivity index (χ0v) is 18.0. The molecule has 10 nitrogen and oxygen atoms in total. The number of carbonyl (C=O) groups is 1. The monoisotopic (exact) mass is 466 g/mol. The van der Waals surface area contributed by atoms with Crippen LogP contribution >= 0.6 is 0 Å². The number of hydrogen-bond acceptors (Lipinski definition) is 7. The van der Waals surface area contributed by atoms with E-state index in [4.69, 9.17) is 11.3 Å². The van der Waals surface area contributed by atoms with E-state index in [-0.39, 0.29) is 23.9 Å². The van der Waals surface area contributed by atoms with Crippen molar-refractivity contribution < 1.29 is 18.3 Å². The second kappa shape index (κ2) is 9.20. The normalized spacial score (nSPS) is 20.6. The Kier molecular flexibility index (Phi) is 5.95. The standard InChI is InChI=1S/C22H20F2N8O2/c1-25-22-18(23)5-4-17(21(22)24)19-11-30-6-7-31(10-16(30)12-34-19)20(33)8-14-2-3-15(9-26-14)32-13-27-28-29-32/h2-5,9,13,16,19H,6-8,10-12H2/t16-,19-/m0/s1. The van der Waals surface area contributed by atoms with Gasteiger partial charge in [-0.15, -0.1) is 5.10 Å². The summed E-state index contributed by atoms with van der Waals surface area (Å²) in [7, 11) is 0. The van der Waals surface area contributed by atoms with Gasteiger partial charge in [-0.1, -0.05) is 6.07 Å². The molecule has 2 aliphatic heterocycles. The summed E-state index contributed by atoms with van der Waals surface area (Å²) in [5.74, 6) is -1.78. The number of piperazine rings is 1. The van der Waals surface area contributed by atoms with Crippen LogP contribution in [0.25, 0.3) is 10.5 Å². The van der Waals surface area contributed by atoms with Crippen molar-refractivity contribution in [3.05, 3.63) is 71.1 Å². The van der Waals surface area contributed by atoms with Gasteiger partial charge in [-0.3, -0.25) is 14.7 Å². The molecule has 12 heteroatoms. The third kappa shape index (κ3) is 4.23. The predicted molar refractivity (Wildman–Crippen MR) is 114 cm³/mol. The molecule has 0 aliphatic carbocycles. The second-order valence-electron chi connectivity index (χ2n) is 8.16. The van der Waals surface area contributed by atoms with Gasteiger partial charge >= 0.3 is 0 Å². The lowest BCUT2D eigenvalue weighted by Crippen LogP contribution is -2.59. The van der Waals surface area contributed by atoms with Crippen molar-refractivity contribution >= 4 is 11.6 Å². The van der Waals surface area contributed by atoms with E-state index >= 15 is 0 Å². The van der Waals surface area contributed by atoms with Crippen molar-refractivity contribution in [1.82, 2.24) is 35.0 Å². The largest absolute Gasteiger partial charge is 0.370 e. The molecule has 0 saturated carbocycles. The summed E-state index contributed by atoms with van der Waals surface area (Å²) >= 11 is 0. The van der Waals surface area contributed by atoms with Crippen LogP contribution in [0.5, 0.6) is 0 Å². The number of amides is 1. The molecule has 174 valence electrons. The average Bonchev–Trinajstić information content (AvgIpc) is 3.39. The van der Waals surface area contributed by atoms with Crippen molar-refractivity contribution in [2.45, 2.75) is 18.6 Å². The average molecular weight is 466 g/mol. The van der Waals surface area contributed by atoms with Gasteiger partial charge in [0.25, 0.3) is 5.69 Å².